The smallest absolute Gasteiger partial charge is 0.236 e. The summed E-state index contributed by atoms with van der Waals surface area (Å²) in [7, 11) is 0. The Morgan fingerprint density at radius 2 is 1.68 bits per heavy atom. The third-order valence-corrected chi connectivity index (χ3v) is 7.56. The second-order valence-corrected chi connectivity index (χ2v) is 9.75. The Bertz CT molecular complexity index is 932. The van der Waals surface area contributed by atoms with E-state index >= 15 is 0 Å². The van der Waals surface area contributed by atoms with E-state index in [9.17, 15) is 4.79 Å². The van der Waals surface area contributed by atoms with Crippen LogP contribution in [0.5, 0.6) is 0 Å². The topological polar surface area (TPSA) is 26.8 Å². The lowest BCUT2D eigenvalue weighted by Crippen LogP contribution is -2.53. The van der Waals surface area contributed by atoms with Crippen molar-refractivity contribution in [3.8, 4) is 11.1 Å². The monoisotopic (exact) mass is 437 g/mol. The van der Waals surface area contributed by atoms with Crippen LogP contribution in [0.3, 0.4) is 0 Å². The Kier molecular flexibility index (Phi) is 6.31. The molecule has 1 amide bonds. The van der Waals surface area contributed by atoms with Crippen LogP contribution in [0.1, 0.15) is 36.8 Å². The van der Waals surface area contributed by atoms with E-state index in [1.165, 1.54) is 42.4 Å². The van der Waals surface area contributed by atoms with Gasteiger partial charge in [-0.05, 0) is 53.6 Å². The summed E-state index contributed by atoms with van der Waals surface area (Å²) in [5.74, 6) is 0.296. The maximum atomic E-state index is 12.9. The van der Waals surface area contributed by atoms with E-state index in [2.05, 4.69) is 39.0 Å². The summed E-state index contributed by atoms with van der Waals surface area (Å²) in [6.07, 6.45) is 6.44. The minimum Gasteiger partial charge on any atom is -0.339 e. The molecular weight excluding hydrogens is 406 g/mol. The van der Waals surface area contributed by atoms with Gasteiger partial charge in [-0.1, -0.05) is 54.8 Å². The standard InChI is InChI=1S/C26H32ClN3O/c27-24-5-3-4-20(17-24)21-8-9-23-18-28(11-10-22(23)16-21)19-26(31)30-14-12-29(13-15-30)25-6-1-2-7-25/h3-5,8-9,16-17,25H,1-2,6-7,10-15,18-19H2. The number of fused-ring (bicyclic) bond motifs is 1. The van der Waals surface area contributed by atoms with Crippen LogP contribution >= 0.6 is 11.6 Å². The minimum absolute atomic E-state index is 0.296. The summed E-state index contributed by atoms with van der Waals surface area (Å²) in [6, 6.07) is 15.5. The number of rotatable bonds is 4. The molecule has 1 aliphatic carbocycles. The molecule has 0 atom stereocenters. The summed E-state index contributed by atoms with van der Waals surface area (Å²) in [5.41, 5.74) is 5.11. The summed E-state index contributed by atoms with van der Waals surface area (Å²) in [6.45, 7) is 6.22. The molecule has 164 valence electrons. The van der Waals surface area contributed by atoms with Crippen LogP contribution in [0.2, 0.25) is 5.02 Å². The zero-order valence-electron chi connectivity index (χ0n) is 18.2. The fourth-order valence-corrected chi connectivity index (χ4v) is 5.68. The number of nitrogens with zero attached hydrogens (tertiary/aromatic N) is 3. The van der Waals surface area contributed by atoms with E-state index in [0.29, 0.717) is 12.5 Å². The molecule has 2 aromatic rings. The van der Waals surface area contributed by atoms with Crippen molar-refractivity contribution in [2.45, 2.75) is 44.7 Å². The van der Waals surface area contributed by atoms with Gasteiger partial charge in [-0.2, -0.15) is 0 Å². The maximum absolute atomic E-state index is 12.9. The zero-order chi connectivity index (χ0) is 21.2. The number of halogens is 1. The quantitative estimate of drug-likeness (QED) is 0.706. The van der Waals surface area contributed by atoms with Gasteiger partial charge in [0.1, 0.15) is 0 Å². The van der Waals surface area contributed by atoms with Gasteiger partial charge in [0.2, 0.25) is 5.91 Å². The van der Waals surface area contributed by atoms with E-state index < -0.39 is 0 Å². The van der Waals surface area contributed by atoms with Gasteiger partial charge in [-0.3, -0.25) is 14.6 Å². The highest BCUT2D eigenvalue weighted by molar-refractivity contribution is 6.30. The largest absolute Gasteiger partial charge is 0.339 e. The molecule has 2 fully saturated rings. The SMILES string of the molecule is O=C(CN1CCc2cc(-c3cccc(Cl)c3)ccc2C1)N1CCN(C2CCCC2)CC1. The third kappa shape index (κ3) is 4.82. The first-order chi connectivity index (χ1) is 15.2. The molecular formula is C26H32ClN3O. The molecule has 2 aliphatic heterocycles. The predicted molar refractivity (Wildman–Crippen MR) is 126 cm³/mol. The molecule has 1 saturated heterocycles. The van der Waals surface area contributed by atoms with Crippen molar-refractivity contribution in [1.29, 1.82) is 0 Å². The molecule has 0 aromatic heterocycles. The average molecular weight is 438 g/mol. The van der Waals surface area contributed by atoms with Gasteiger partial charge in [0.15, 0.2) is 0 Å². The lowest BCUT2D eigenvalue weighted by molar-refractivity contribution is -0.134. The van der Waals surface area contributed by atoms with Crippen LogP contribution in [0.15, 0.2) is 42.5 Å². The Morgan fingerprint density at radius 1 is 0.903 bits per heavy atom. The van der Waals surface area contributed by atoms with Gasteiger partial charge in [0.05, 0.1) is 6.54 Å². The molecule has 0 unspecified atom stereocenters. The molecule has 0 bridgehead atoms. The van der Waals surface area contributed by atoms with Gasteiger partial charge in [-0.15, -0.1) is 0 Å². The van der Waals surface area contributed by atoms with Crippen LogP contribution in [0, 0.1) is 0 Å². The highest BCUT2D eigenvalue weighted by Crippen LogP contribution is 2.28. The second-order valence-electron chi connectivity index (χ2n) is 9.31. The fraction of sp³-hybridized carbons (Fsp3) is 0.500. The van der Waals surface area contributed by atoms with Crippen molar-refractivity contribution in [3.63, 3.8) is 0 Å². The van der Waals surface area contributed by atoms with Crippen molar-refractivity contribution >= 4 is 17.5 Å². The Hall–Kier alpha value is -1.88. The lowest BCUT2D eigenvalue weighted by Gasteiger charge is -2.39. The van der Waals surface area contributed by atoms with E-state index in [4.69, 9.17) is 11.6 Å². The molecule has 4 nitrogen and oxygen atoms in total. The zero-order valence-corrected chi connectivity index (χ0v) is 19.0. The average Bonchev–Trinajstić information content (AvgIpc) is 3.34. The molecule has 5 heteroatoms. The van der Waals surface area contributed by atoms with Crippen LogP contribution in [-0.2, 0) is 17.8 Å². The molecule has 0 spiro atoms. The fourth-order valence-electron chi connectivity index (χ4n) is 5.49. The summed E-state index contributed by atoms with van der Waals surface area (Å²) < 4.78 is 0. The number of hydrogen-bond donors (Lipinski definition) is 0. The molecule has 2 aromatic carbocycles. The van der Waals surface area contributed by atoms with E-state index in [1.807, 2.05) is 18.2 Å². The van der Waals surface area contributed by atoms with Crippen LogP contribution in [0.4, 0.5) is 0 Å². The first kappa shape index (κ1) is 21.0. The number of amides is 1. The van der Waals surface area contributed by atoms with Gasteiger partial charge in [0, 0.05) is 50.3 Å². The number of carbonyl (C=O) groups is 1. The van der Waals surface area contributed by atoms with E-state index in [0.717, 1.165) is 62.3 Å². The molecule has 3 aliphatic rings. The highest BCUT2D eigenvalue weighted by atomic mass is 35.5. The summed E-state index contributed by atoms with van der Waals surface area (Å²) in [4.78, 5) is 19.9. The first-order valence-corrected chi connectivity index (χ1v) is 12.2. The Balaban J connectivity index is 1.16. The van der Waals surface area contributed by atoms with E-state index in [-0.39, 0.29) is 0 Å². The molecule has 0 N–H and O–H groups in total. The van der Waals surface area contributed by atoms with Crippen LogP contribution < -0.4 is 0 Å². The van der Waals surface area contributed by atoms with Crippen LogP contribution in [0.25, 0.3) is 11.1 Å². The minimum atomic E-state index is 0.296. The Labute approximate surface area is 190 Å². The Morgan fingerprint density at radius 3 is 2.45 bits per heavy atom. The van der Waals surface area contributed by atoms with Gasteiger partial charge in [-0.25, -0.2) is 0 Å². The van der Waals surface area contributed by atoms with E-state index in [1.54, 1.807) is 0 Å². The van der Waals surface area contributed by atoms with Crippen LogP contribution in [-0.4, -0.2) is 65.9 Å². The highest BCUT2D eigenvalue weighted by Gasteiger charge is 2.29. The molecule has 1 saturated carbocycles. The molecule has 5 rings (SSSR count). The molecule has 31 heavy (non-hydrogen) atoms. The first-order valence-electron chi connectivity index (χ1n) is 11.8. The predicted octanol–water partition coefficient (Wildman–Crippen LogP) is 4.45. The van der Waals surface area contributed by atoms with Crippen molar-refractivity contribution in [2.24, 2.45) is 0 Å². The second kappa shape index (κ2) is 9.32. The van der Waals surface area contributed by atoms with Crippen molar-refractivity contribution in [2.75, 3.05) is 39.3 Å². The number of hydrogen-bond acceptors (Lipinski definition) is 3. The number of carbonyl (C=O) groups excluding carboxylic acids is 1. The number of benzene rings is 2. The van der Waals surface area contributed by atoms with Gasteiger partial charge in [0.25, 0.3) is 0 Å². The van der Waals surface area contributed by atoms with Gasteiger partial charge >= 0.3 is 0 Å². The van der Waals surface area contributed by atoms with Crippen molar-refractivity contribution in [3.05, 3.63) is 58.6 Å². The summed E-state index contributed by atoms with van der Waals surface area (Å²) in [5, 5.41) is 0.768. The lowest BCUT2D eigenvalue weighted by atomic mass is 9.94. The normalized spacial score (nSPS) is 20.7. The van der Waals surface area contributed by atoms with Crippen molar-refractivity contribution < 1.29 is 4.79 Å². The van der Waals surface area contributed by atoms with Gasteiger partial charge < -0.3 is 4.90 Å². The van der Waals surface area contributed by atoms with Crippen molar-refractivity contribution in [1.82, 2.24) is 14.7 Å². The summed E-state index contributed by atoms with van der Waals surface area (Å²) >= 11 is 6.17. The number of piperazine rings is 1. The molecule has 2 heterocycles. The maximum Gasteiger partial charge on any atom is 0.236 e. The molecule has 0 radical (unpaired) electrons. The third-order valence-electron chi connectivity index (χ3n) is 7.32.